The Morgan fingerprint density at radius 2 is 1.76 bits per heavy atom. The Kier molecular flexibility index (Phi) is 14.8. The molecule has 0 aliphatic carbocycles. The number of carbonyl (C=O) groups is 5. The molecule has 0 saturated carbocycles. The number of aromatic nitrogens is 2. The van der Waals surface area contributed by atoms with Crippen LogP contribution in [0.5, 0.6) is 11.5 Å². The summed E-state index contributed by atoms with van der Waals surface area (Å²) in [5, 5.41) is 8.28. The molecule has 6 rings (SSSR count). The molecule has 2 aromatic carbocycles. The van der Waals surface area contributed by atoms with Crippen LogP contribution in [0.1, 0.15) is 65.6 Å². The van der Waals surface area contributed by atoms with Gasteiger partial charge < -0.3 is 49.9 Å². The molecule has 2 aliphatic heterocycles. The summed E-state index contributed by atoms with van der Waals surface area (Å²) < 4.78 is 20.0. The lowest BCUT2D eigenvalue weighted by molar-refractivity contribution is -0.144. The average molecular weight is 797 g/mol. The molecule has 0 spiro atoms. The summed E-state index contributed by atoms with van der Waals surface area (Å²) in [7, 11) is 5.28. The van der Waals surface area contributed by atoms with Crippen LogP contribution in [0.25, 0.3) is 11.1 Å². The smallest absolute Gasteiger partial charge is 0.322 e. The summed E-state index contributed by atoms with van der Waals surface area (Å²) >= 11 is 0. The average Bonchev–Trinajstić information content (AvgIpc) is 3.91. The number of nitrogens with one attached hydrogen (secondary N) is 3. The van der Waals surface area contributed by atoms with Gasteiger partial charge in [0.2, 0.25) is 12.3 Å². The second-order valence-corrected chi connectivity index (χ2v) is 14.1. The maximum atomic E-state index is 12.9. The number of esters is 1. The molecule has 2 aliphatic rings. The molecule has 0 radical (unpaired) electrons. The molecule has 4 heterocycles. The number of aryl methyl sites for hydroxylation is 3. The van der Waals surface area contributed by atoms with Gasteiger partial charge in [-0.3, -0.25) is 29.0 Å². The summed E-state index contributed by atoms with van der Waals surface area (Å²) in [6.07, 6.45) is 9.55. The van der Waals surface area contributed by atoms with Crippen molar-refractivity contribution in [3.8, 4) is 22.6 Å². The molecule has 16 nitrogen and oxygen atoms in total. The second kappa shape index (κ2) is 20.1. The van der Waals surface area contributed by atoms with E-state index < -0.39 is 12.0 Å². The number of nitrogens with two attached hydrogens (primary N) is 1. The quantitative estimate of drug-likeness (QED) is 0.0703. The minimum absolute atomic E-state index is 0.0207. The fourth-order valence-corrected chi connectivity index (χ4v) is 6.45. The van der Waals surface area contributed by atoms with Gasteiger partial charge in [-0.15, -0.1) is 0 Å². The number of hydrogen-bond acceptors (Lipinski definition) is 10. The van der Waals surface area contributed by atoms with Gasteiger partial charge in [-0.25, -0.2) is 0 Å². The number of ether oxygens (including phenoxy) is 3. The van der Waals surface area contributed by atoms with Gasteiger partial charge in [-0.2, -0.15) is 0 Å². The summed E-state index contributed by atoms with van der Waals surface area (Å²) in [6.45, 7) is 5.24. The predicted octanol–water partition coefficient (Wildman–Crippen LogP) is 4.73. The second-order valence-electron chi connectivity index (χ2n) is 14.1. The zero-order valence-electron chi connectivity index (χ0n) is 33.6. The zero-order valence-corrected chi connectivity index (χ0v) is 33.6. The highest BCUT2D eigenvalue weighted by molar-refractivity contribution is 6.03. The molecule has 2 atom stereocenters. The van der Waals surface area contributed by atoms with E-state index in [1.54, 1.807) is 56.0 Å². The lowest BCUT2D eigenvalue weighted by Crippen LogP contribution is -2.35. The summed E-state index contributed by atoms with van der Waals surface area (Å²) in [6, 6.07) is 13.9. The summed E-state index contributed by atoms with van der Waals surface area (Å²) in [5.41, 5.74) is 11.4. The van der Waals surface area contributed by atoms with Crippen molar-refractivity contribution >= 4 is 53.4 Å². The van der Waals surface area contributed by atoms with Crippen molar-refractivity contribution in [3.63, 3.8) is 0 Å². The Morgan fingerprint density at radius 1 is 0.983 bits per heavy atom. The van der Waals surface area contributed by atoms with Crippen LogP contribution in [-0.4, -0.2) is 95.8 Å². The number of rotatable bonds is 16. The van der Waals surface area contributed by atoms with Crippen LogP contribution in [0.2, 0.25) is 0 Å². The van der Waals surface area contributed by atoms with Gasteiger partial charge in [0.15, 0.2) is 11.5 Å². The third-order valence-corrected chi connectivity index (χ3v) is 9.71. The van der Waals surface area contributed by atoms with E-state index in [9.17, 15) is 24.0 Å². The van der Waals surface area contributed by atoms with E-state index in [1.807, 2.05) is 60.2 Å². The molecule has 5 N–H and O–H groups in total. The summed E-state index contributed by atoms with van der Waals surface area (Å²) in [4.78, 5) is 65.5. The molecule has 1 unspecified atom stereocenters. The molecule has 1 fully saturated rings. The topological polar surface area (TPSA) is 201 Å². The van der Waals surface area contributed by atoms with Crippen LogP contribution in [0, 0.1) is 6.92 Å². The lowest BCUT2D eigenvalue weighted by Gasteiger charge is -2.20. The standard InChI is InChI=1S/C23H28N4O4.C19H24N4O4/c1-15-10-16(14-26(15)2)25-22(28)7-5-9-31-21-12-19-18(11-20(21)30-3)23(29)27-8-4-6-17(27)13-24-19;1-13(20)19(26)27-9-3-8-21-18(25)17-10-15(11-23(17)2)14-4-6-16(7-5-14)22-12-24/h10-14,17H,4-9H2,1-3H3,(H,25,28);4-7,10-13H,3,8-9,20H2,1-2H3,(H,21,25)(H,22,24)/t;13-/m.0/s1. The van der Waals surface area contributed by atoms with Crippen molar-refractivity contribution in [3.05, 3.63) is 77.9 Å². The first-order valence-electron chi connectivity index (χ1n) is 19.2. The number of fused-ring (bicyclic) bond motifs is 2. The number of hydrogen-bond donors (Lipinski definition) is 4. The van der Waals surface area contributed by atoms with Gasteiger partial charge in [-0.1, -0.05) is 12.1 Å². The van der Waals surface area contributed by atoms with Crippen LogP contribution < -0.4 is 31.2 Å². The molecule has 1 saturated heterocycles. The predicted molar refractivity (Wildman–Crippen MR) is 221 cm³/mol. The first-order valence-corrected chi connectivity index (χ1v) is 19.2. The third-order valence-electron chi connectivity index (χ3n) is 9.71. The first-order chi connectivity index (χ1) is 27.9. The summed E-state index contributed by atoms with van der Waals surface area (Å²) in [5.74, 6) is 0.271. The van der Waals surface area contributed by atoms with Crippen molar-refractivity contribution in [2.45, 2.75) is 58.0 Å². The number of benzene rings is 2. The molecule has 308 valence electrons. The lowest BCUT2D eigenvalue weighted by atomic mass is 10.1. The number of aliphatic imine (C=N–C) groups is 1. The Bertz CT molecular complexity index is 2100. The number of nitrogens with zero attached hydrogens (tertiary/aromatic N) is 4. The van der Waals surface area contributed by atoms with E-state index in [0.717, 1.165) is 41.9 Å². The van der Waals surface area contributed by atoms with Crippen molar-refractivity contribution in [2.24, 2.45) is 24.8 Å². The van der Waals surface area contributed by atoms with Gasteiger partial charge in [0, 0.05) is 75.2 Å². The minimum Gasteiger partial charge on any atom is -0.493 e. The van der Waals surface area contributed by atoms with Gasteiger partial charge in [0.25, 0.3) is 11.8 Å². The van der Waals surface area contributed by atoms with Crippen molar-refractivity contribution in [2.75, 3.05) is 44.0 Å². The van der Waals surface area contributed by atoms with Crippen LogP contribution in [0.3, 0.4) is 0 Å². The van der Waals surface area contributed by atoms with Gasteiger partial charge in [0.1, 0.15) is 11.7 Å². The van der Waals surface area contributed by atoms with Gasteiger partial charge in [0.05, 0.1) is 43.3 Å². The van der Waals surface area contributed by atoms with E-state index >= 15 is 0 Å². The highest BCUT2D eigenvalue weighted by Gasteiger charge is 2.32. The van der Waals surface area contributed by atoms with Crippen molar-refractivity contribution < 1.29 is 38.2 Å². The molecule has 0 bridgehead atoms. The normalized spacial score (nSPS) is 14.6. The highest BCUT2D eigenvalue weighted by atomic mass is 16.5. The zero-order chi connectivity index (χ0) is 41.8. The van der Waals surface area contributed by atoms with Gasteiger partial charge in [-0.05, 0) is 75.4 Å². The van der Waals surface area contributed by atoms with Crippen LogP contribution >= 0.6 is 0 Å². The van der Waals surface area contributed by atoms with Crippen LogP contribution in [-0.2, 0) is 33.2 Å². The number of methoxy groups -OCH3 is 1. The van der Waals surface area contributed by atoms with Crippen LogP contribution in [0.4, 0.5) is 17.1 Å². The molecular formula is C42H52N8O8. The molecule has 16 heteroatoms. The highest BCUT2D eigenvalue weighted by Crippen LogP contribution is 2.38. The SMILES string of the molecule is COc1cc2c(cc1OCCCC(=O)Nc1cc(C)n(C)c1)N=CC1CCCN1C2=O.C[C@H](N)C(=O)OCCCNC(=O)c1cc(-c2ccc(NC=O)cc2)cn1C. The molecule has 2 aromatic heterocycles. The van der Waals surface area contributed by atoms with E-state index in [4.69, 9.17) is 19.9 Å². The molecular weight excluding hydrogens is 745 g/mol. The van der Waals surface area contributed by atoms with Crippen molar-refractivity contribution in [1.82, 2.24) is 19.4 Å². The maximum absolute atomic E-state index is 12.9. The number of anilines is 2. The fraction of sp³-hybridized carbons (Fsp3) is 0.381. The monoisotopic (exact) mass is 796 g/mol. The third kappa shape index (κ3) is 11.1. The van der Waals surface area contributed by atoms with E-state index in [1.165, 1.54) is 0 Å². The van der Waals surface area contributed by atoms with Crippen molar-refractivity contribution in [1.29, 1.82) is 0 Å². The molecule has 4 amide bonds. The Morgan fingerprint density at radius 3 is 2.45 bits per heavy atom. The largest absolute Gasteiger partial charge is 0.493 e. The maximum Gasteiger partial charge on any atom is 0.322 e. The van der Waals surface area contributed by atoms with E-state index in [2.05, 4.69) is 20.9 Å². The van der Waals surface area contributed by atoms with E-state index in [0.29, 0.717) is 73.0 Å². The molecule has 4 aromatic rings. The fourth-order valence-electron chi connectivity index (χ4n) is 6.45. The van der Waals surface area contributed by atoms with Gasteiger partial charge >= 0.3 is 5.97 Å². The number of carbonyl (C=O) groups excluding carboxylic acids is 5. The Hall–Kier alpha value is -6.42. The number of amides is 4. The van der Waals surface area contributed by atoms with E-state index in [-0.39, 0.29) is 30.4 Å². The Balaban J connectivity index is 0.000000223. The first kappa shape index (κ1) is 42.7. The Labute approximate surface area is 337 Å². The van der Waals surface area contributed by atoms with Crippen LogP contribution in [0.15, 0.2) is 65.9 Å². The molecule has 58 heavy (non-hydrogen) atoms. The minimum atomic E-state index is -0.648.